The fourth-order valence-electron chi connectivity index (χ4n) is 3.64. The number of hydrogen-bond acceptors (Lipinski definition) is 3. The molecule has 0 saturated carbocycles. The van der Waals surface area contributed by atoms with E-state index in [4.69, 9.17) is 0 Å². The Hall–Kier alpha value is -1.88. The number of piperidine rings is 1. The molecule has 0 spiro atoms. The summed E-state index contributed by atoms with van der Waals surface area (Å²) in [7, 11) is 0. The number of likely N-dealkylation sites (tertiary alicyclic amines) is 1. The third kappa shape index (κ3) is 2.98. The third-order valence-corrected chi connectivity index (χ3v) is 5.15. The van der Waals surface area contributed by atoms with Gasteiger partial charge >= 0.3 is 0 Å². The molecular weight excluding hydrogens is 292 g/mol. The molecule has 2 amide bonds. The highest BCUT2D eigenvalue weighted by Gasteiger charge is 2.37. The van der Waals surface area contributed by atoms with E-state index in [0.29, 0.717) is 38.9 Å². The van der Waals surface area contributed by atoms with Crippen molar-refractivity contribution in [3.8, 4) is 0 Å². The van der Waals surface area contributed by atoms with Crippen molar-refractivity contribution in [1.29, 1.82) is 0 Å². The molecule has 124 valence electrons. The molecule has 2 heterocycles. The average Bonchev–Trinajstić information content (AvgIpc) is 2.55. The highest BCUT2D eigenvalue weighted by molar-refractivity contribution is 5.96. The zero-order valence-corrected chi connectivity index (χ0v) is 13.8. The Bertz CT molecular complexity index is 618. The van der Waals surface area contributed by atoms with Gasteiger partial charge in [-0.3, -0.25) is 9.59 Å². The third-order valence-electron chi connectivity index (χ3n) is 5.15. The lowest BCUT2D eigenvalue weighted by Gasteiger charge is -2.40. The average molecular weight is 316 g/mol. The van der Waals surface area contributed by atoms with Gasteiger partial charge in [-0.2, -0.15) is 0 Å². The zero-order valence-electron chi connectivity index (χ0n) is 13.8. The van der Waals surface area contributed by atoms with Gasteiger partial charge in [0.2, 0.25) is 11.8 Å². The van der Waals surface area contributed by atoms with Crippen LogP contribution in [0.25, 0.3) is 0 Å². The minimum absolute atomic E-state index is 0.0401. The van der Waals surface area contributed by atoms with Gasteiger partial charge in [0, 0.05) is 43.7 Å². The summed E-state index contributed by atoms with van der Waals surface area (Å²) in [6.07, 6.45) is 1.98. The molecule has 1 fully saturated rings. The van der Waals surface area contributed by atoms with E-state index in [2.05, 4.69) is 0 Å². The van der Waals surface area contributed by atoms with Crippen molar-refractivity contribution >= 4 is 17.5 Å². The molecule has 2 aliphatic heterocycles. The topological polar surface area (TPSA) is 60.9 Å². The first kappa shape index (κ1) is 16.0. The predicted octanol–water partition coefficient (Wildman–Crippen LogP) is 1.89. The molecule has 0 radical (unpaired) electrons. The highest BCUT2D eigenvalue weighted by atomic mass is 16.3. The van der Waals surface area contributed by atoms with Crippen molar-refractivity contribution < 1.29 is 14.7 Å². The van der Waals surface area contributed by atoms with Crippen LogP contribution in [0.2, 0.25) is 0 Å². The second kappa shape index (κ2) is 5.96. The van der Waals surface area contributed by atoms with Gasteiger partial charge in [0.25, 0.3) is 0 Å². The van der Waals surface area contributed by atoms with E-state index in [1.807, 2.05) is 29.2 Å². The standard InChI is InChI=1S/C18H24N2O3/c1-13(21)19-10-7-14(8-11-19)17(22)20-12-9-18(2,23)15-5-3-4-6-16(15)20/h3-6,14,23H,7-12H2,1-2H3. The Labute approximate surface area is 136 Å². The lowest BCUT2D eigenvalue weighted by Crippen LogP contribution is -2.47. The first-order valence-corrected chi connectivity index (χ1v) is 8.29. The molecule has 1 saturated heterocycles. The van der Waals surface area contributed by atoms with Crippen LogP contribution >= 0.6 is 0 Å². The van der Waals surface area contributed by atoms with Gasteiger partial charge in [-0.1, -0.05) is 18.2 Å². The maximum atomic E-state index is 12.9. The van der Waals surface area contributed by atoms with Crippen LogP contribution in [0.4, 0.5) is 5.69 Å². The second-order valence-corrected chi connectivity index (χ2v) is 6.81. The van der Waals surface area contributed by atoms with Gasteiger partial charge in [-0.25, -0.2) is 0 Å². The number of para-hydroxylation sites is 1. The normalized spacial score (nSPS) is 25.2. The van der Waals surface area contributed by atoms with Crippen LogP contribution in [0.3, 0.4) is 0 Å². The number of anilines is 1. The molecule has 3 rings (SSSR count). The number of benzene rings is 1. The molecule has 1 aromatic carbocycles. The molecule has 23 heavy (non-hydrogen) atoms. The van der Waals surface area contributed by atoms with Crippen molar-refractivity contribution in [3.63, 3.8) is 0 Å². The molecule has 0 bridgehead atoms. The summed E-state index contributed by atoms with van der Waals surface area (Å²) in [6, 6.07) is 7.60. The highest BCUT2D eigenvalue weighted by Crippen LogP contribution is 2.39. The molecule has 1 unspecified atom stereocenters. The summed E-state index contributed by atoms with van der Waals surface area (Å²) in [5.41, 5.74) is 0.759. The molecule has 1 aromatic rings. The molecule has 1 atom stereocenters. The van der Waals surface area contributed by atoms with Crippen LogP contribution < -0.4 is 4.90 Å². The lowest BCUT2D eigenvalue weighted by atomic mass is 9.85. The van der Waals surface area contributed by atoms with Crippen LogP contribution in [0.1, 0.15) is 38.7 Å². The van der Waals surface area contributed by atoms with Gasteiger partial charge in [0.15, 0.2) is 0 Å². The van der Waals surface area contributed by atoms with E-state index in [1.165, 1.54) is 0 Å². The number of nitrogens with zero attached hydrogens (tertiary/aromatic N) is 2. The van der Waals surface area contributed by atoms with E-state index in [-0.39, 0.29) is 17.7 Å². The molecule has 0 aromatic heterocycles. The van der Waals surface area contributed by atoms with E-state index < -0.39 is 5.60 Å². The molecule has 5 nitrogen and oxygen atoms in total. The van der Waals surface area contributed by atoms with Crippen LogP contribution in [0.15, 0.2) is 24.3 Å². The minimum atomic E-state index is -0.884. The van der Waals surface area contributed by atoms with Gasteiger partial charge in [0.1, 0.15) is 0 Å². The first-order valence-electron chi connectivity index (χ1n) is 8.29. The fraction of sp³-hybridized carbons (Fsp3) is 0.556. The first-order chi connectivity index (χ1) is 10.9. The second-order valence-electron chi connectivity index (χ2n) is 6.81. The number of rotatable bonds is 1. The number of amides is 2. The molecule has 0 aliphatic carbocycles. The largest absolute Gasteiger partial charge is 0.385 e. The summed E-state index contributed by atoms with van der Waals surface area (Å²) in [5, 5.41) is 10.6. The maximum absolute atomic E-state index is 12.9. The quantitative estimate of drug-likeness (QED) is 0.860. The van der Waals surface area contributed by atoms with Crippen LogP contribution in [0, 0.1) is 5.92 Å². The maximum Gasteiger partial charge on any atom is 0.230 e. The summed E-state index contributed by atoms with van der Waals surface area (Å²) in [5.74, 6) is 0.160. The molecule has 5 heteroatoms. The summed E-state index contributed by atoms with van der Waals surface area (Å²) in [6.45, 7) is 5.22. The van der Waals surface area contributed by atoms with Crippen molar-refractivity contribution in [3.05, 3.63) is 29.8 Å². The van der Waals surface area contributed by atoms with Crippen molar-refractivity contribution in [2.24, 2.45) is 5.92 Å². The van der Waals surface area contributed by atoms with Crippen molar-refractivity contribution in [1.82, 2.24) is 4.90 Å². The fourth-order valence-corrected chi connectivity index (χ4v) is 3.64. The van der Waals surface area contributed by atoms with E-state index in [9.17, 15) is 14.7 Å². The molecule has 2 aliphatic rings. The number of hydrogen-bond donors (Lipinski definition) is 1. The summed E-state index contributed by atoms with van der Waals surface area (Å²) in [4.78, 5) is 28.0. The van der Waals surface area contributed by atoms with Crippen molar-refractivity contribution in [2.75, 3.05) is 24.5 Å². The number of aliphatic hydroxyl groups is 1. The van der Waals surface area contributed by atoms with Crippen LogP contribution in [-0.4, -0.2) is 41.5 Å². The van der Waals surface area contributed by atoms with Crippen LogP contribution in [-0.2, 0) is 15.2 Å². The number of carbonyl (C=O) groups is 2. The SMILES string of the molecule is CC(=O)N1CCC(C(=O)N2CCC(C)(O)c3ccccc32)CC1. The van der Waals surface area contributed by atoms with Crippen molar-refractivity contribution in [2.45, 2.75) is 38.7 Å². The van der Waals surface area contributed by atoms with Gasteiger partial charge in [-0.05, 0) is 32.3 Å². The van der Waals surface area contributed by atoms with E-state index in [0.717, 1.165) is 11.3 Å². The lowest BCUT2D eigenvalue weighted by molar-refractivity contribution is -0.133. The van der Waals surface area contributed by atoms with Gasteiger partial charge < -0.3 is 14.9 Å². The monoisotopic (exact) mass is 316 g/mol. The molecule has 1 N–H and O–H groups in total. The minimum Gasteiger partial charge on any atom is -0.385 e. The Balaban J connectivity index is 1.78. The Morgan fingerprint density at radius 3 is 2.48 bits per heavy atom. The van der Waals surface area contributed by atoms with E-state index in [1.54, 1.807) is 18.7 Å². The number of fused-ring (bicyclic) bond motifs is 1. The van der Waals surface area contributed by atoms with Gasteiger partial charge in [-0.15, -0.1) is 0 Å². The molecular formula is C18H24N2O3. The predicted molar refractivity (Wildman–Crippen MR) is 88.0 cm³/mol. The summed E-state index contributed by atoms with van der Waals surface area (Å²) < 4.78 is 0. The number of carbonyl (C=O) groups excluding carboxylic acids is 2. The summed E-state index contributed by atoms with van der Waals surface area (Å²) >= 11 is 0. The zero-order chi connectivity index (χ0) is 16.6. The smallest absolute Gasteiger partial charge is 0.230 e. The Morgan fingerprint density at radius 2 is 1.83 bits per heavy atom. The Kier molecular flexibility index (Phi) is 4.15. The van der Waals surface area contributed by atoms with Gasteiger partial charge in [0.05, 0.1) is 5.60 Å². The van der Waals surface area contributed by atoms with E-state index >= 15 is 0 Å². The van der Waals surface area contributed by atoms with Crippen LogP contribution in [0.5, 0.6) is 0 Å². The Morgan fingerprint density at radius 1 is 1.17 bits per heavy atom.